The van der Waals surface area contributed by atoms with Crippen LogP contribution in [0, 0.1) is 12.8 Å². The van der Waals surface area contributed by atoms with Gasteiger partial charge in [-0.3, -0.25) is 9.88 Å². The van der Waals surface area contributed by atoms with Crippen LogP contribution in [0.4, 0.5) is 10.5 Å². The Morgan fingerprint density at radius 1 is 1.10 bits per heavy atom. The summed E-state index contributed by atoms with van der Waals surface area (Å²) in [5.74, 6) is 2.41. The van der Waals surface area contributed by atoms with Crippen molar-refractivity contribution in [2.24, 2.45) is 5.92 Å². The second-order valence-corrected chi connectivity index (χ2v) is 7.82. The fourth-order valence-corrected chi connectivity index (χ4v) is 3.57. The average molecular weight is 422 g/mol. The zero-order chi connectivity index (χ0) is 21.6. The molecule has 1 atom stereocenters. The van der Waals surface area contributed by atoms with Crippen molar-refractivity contribution in [2.75, 3.05) is 31.1 Å². The van der Waals surface area contributed by atoms with Gasteiger partial charge in [0.05, 0.1) is 6.61 Å². The molecule has 1 aliphatic heterocycles. The first kappa shape index (κ1) is 20.8. The number of ether oxygens (including phenoxy) is 1. The molecule has 3 heterocycles. The van der Waals surface area contributed by atoms with Crippen LogP contribution in [0.5, 0.6) is 5.75 Å². The number of carbonyl (C=O) groups excluding carboxylic acids is 1. The summed E-state index contributed by atoms with van der Waals surface area (Å²) in [5.41, 5.74) is 1.80. The Kier molecular flexibility index (Phi) is 6.45. The van der Waals surface area contributed by atoms with Gasteiger partial charge in [0.15, 0.2) is 0 Å². The molecule has 3 aromatic rings. The Labute approximate surface area is 181 Å². The summed E-state index contributed by atoms with van der Waals surface area (Å²) in [4.78, 5) is 24.6. The molecule has 0 saturated carbocycles. The maximum Gasteiger partial charge on any atom is 0.324 e. The maximum absolute atomic E-state index is 12.6. The van der Waals surface area contributed by atoms with Crippen LogP contribution in [0.15, 0.2) is 53.3 Å². The van der Waals surface area contributed by atoms with E-state index in [-0.39, 0.29) is 6.03 Å². The van der Waals surface area contributed by atoms with Crippen molar-refractivity contribution in [1.29, 1.82) is 0 Å². The molecule has 0 N–H and O–H groups in total. The third-order valence-corrected chi connectivity index (χ3v) is 5.48. The van der Waals surface area contributed by atoms with E-state index in [1.54, 1.807) is 19.3 Å². The molecule has 0 aliphatic carbocycles. The molecule has 4 rings (SSSR count). The molecule has 1 saturated heterocycles. The van der Waals surface area contributed by atoms with E-state index >= 15 is 0 Å². The Bertz CT molecular complexity index is 990. The van der Waals surface area contributed by atoms with Gasteiger partial charge < -0.3 is 14.2 Å². The van der Waals surface area contributed by atoms with Crippen LogP contribution >= 0.6 is 0 Å². The summed E-state index contributed by atoms with van der Waals surface area (Å²) >= 11 is 0. The minimum absolute atomic E-state index is 0.0755. The lowest BCUT2D eigenvalue weighted by Crippen LogP contribution is -2.33. The molecule has 162 valence electrons. The van der Waals surface area contributed by atoms with Gasteiger partial charge in [-0.25, -0.2) is 4.79 Å². The molecule has 2 amide bonds. The van der Waals surface area contributed by atoms with Gasteiger partial charge in [0.2, 0.25) is 11.7 Å². The minimum Gasteiger partial charge on any atom is -0.494 e. The summed E-state index contributed by atoms with van der Waals surface area (Å²) in [5, 5.41) is 3.92. The summed E-state index contributed by atoms with van der Waals surface area (Å²) in [6.07, 6.45) is 5.32. The molecule has 2 aromatic heterocycles. The van der Waals surface area contributed by atoms with Gasteiger partial charge in [-0.2, -0.15) is 4.98 Å². The minimum atomic E-state index is 0.0755. The first-order valence-electron chi connectivity index (χ1n) is 10.6. The SMILES string of the molecule is Cc1nc(-c2ccc(OCC[C@H](C)CCN3CCN(c4ccncc4)C3=O)cc2)no1. The van der Waals surface area contributed by atoms with Crippen molar-refractivity contribution >= 4 is 11.7 Å². The number of pyridine rings is 1. The summed E-state index contributed by atoms with van der Waals surface area (Å²) in [6.45, 7) is 6.85. The molecule has 8 nitrogen and oxygen atoms in total. The highest BCUT2D eigenvalue weighted by Gasteiger charge is 2.29. The topological polar surface area (TPSA) is 84.6 Å². The first-order valence-corrected chi connectivity index (χ1v) is 10.6. The van der Waals surface area contributed by atoms with Gasteiger partial charge in [-0.1, -0.05) is 12.1 Å². The molecule has 1 fully saturated rings. The number of urea groups is 1. The van der Waals surface area contributed by atoms with Crippen molar-refractivity contribution in [1.82, 2.24) is 20.0 Å². The van der Waals surface area contributed by atoms with Crippen molar-refractivity contribution in [3.05, 3.63) is 54.7 Å². The van der Waals surface area contributed by atoms with E-state index < -0.39 is 0 Å². The highest BCUT2D eigenvalue weighted by atomic mass is 16.5. The van der Waals surface area contributed by atoms with E-state index in [0.29, 0.717) is 24.2 Å². The van der Waals surface area contributed by atoms with E-state index in [2.05, 4.69) is 22.0 Å². The van der Waals surface area contributed by atoms with E-state index in [1.165, 1.54) is 0 Å². The van der Waals surface area contributed by atoms with E-state index in [9.17, 15) is 4.79 Å². The maximum atomic E-state index is 12.6. The Morgan fingerprint density at radius 3 is 2.58 bits per heavy atom. The van der Waals surface area contributed by atoms with Crippen LogP contribution in [0.2, 0.25) is 0 Å². The zero-order valence-electron chi connectivity index (χ0n) is 17.9. The van der Waals surface area contributed by atoms with Gasteiger partial charge in [0.25, 0.3) is 0 Å². The van der Waals surface area contributed by atoms with Gasteiger partial charge >= 0.3 is 6.03 Å². The van der Waals surface area contributed by atoms with E-state index in [0.717, 1.165) is 49.5 Å². The lowest BCUT2D eigenvalue weighted by molar-refractivity contribution is 0.214. The van der Waals surface area contributed by atoms with Crippen molar-refractivity contribution < 1.29 is 14.1 Å². The number of aryl methyl sites for hydroxylation is 1. The Balaban J connectivity index is 1.18. The number of aromatic nitrogens is 3. The summed E-state index contributed by atoms with van der Waals surface area (Å²) in [7, 11) is 0. The normalized spacial score (nSPS) is 14.8. The largest absolute Gasteiger partial charge is 0.494 e. The lowest BCUT2D eigenvalue weighted by atomic mass is 10.0. The number of hydrogen-bond acceptors (Lipinski definition) is 6. The predicted octanol–water partition coefficient (Wildman–Crippen LogP) is 4.18. The zero-order valence-corrected chi connectivity index (χ0v) is 17.9. The Morgan fingerprint density at radius 2 is 1.87 bits per heavy atom. The Hall–Kier alpha value is -3.42. The molecule has 1 aliphatic rings. The number of anilines is 1. The first-order chi connectivity index (χ1) is 15.1. The molecule has 0 unspecified atom stereocenters. The third-order valence-electron chi connectivity index (χ3n) is 5.48. The van der Waals surface area contributed by atoms with Crippen LogP contribution in [0.25, 0.3) is 11.4 Å². The number of carbonyl (C=O) groups is 1. The number of amides is 2. The summed E-state index contributed by atoms with van der Waals surface area (Å²) in [6, 6.07) is 11.5. The van der Waals surface area contributed by atoms with Gasteiger partial charge in [-0.05, 0) is 55.2 Å². The van der Waals surface area contributed by atoms with Crippen LogP contribution in [-0.4, -0.2) is 52.3 Å². The lowest BCUT2D eigenvalue weighted by Gasteiger charge is -2.20. The highest BCUT2D eigenvalue weighted by molar-refractivity contribution is 5.93. The molecular formula is C23H27N5O3. The monoisotopic (exact) mass is 421 g/mol. The second-order valence-electron chi connectivity index (χ2n) is 7.82. The quantitative estimate of drug-likeness (QED) is 0.515. The fraction of sp³-hybridized carbons (Fsp3) is 0.391. The molecule has 0 radical (unpaired) electrons. The molecule has 0 bridgehead atoms. The number of nitrogens with zero attached hydrogens (tertiary/aromatic N) is 5. The van der Waals surface area contributed by atoms with E-state index in [1.807, 2.05) is 46.2 Å². The van der Waals surface area contributed by atoms with Gasteiger partial charge in [-0.15, -0.1) is 0 Å². The number of hydrogen-bond donors (Lipinski definition) is 0. The molecule has 31 heavy (non-hydrogen) atoms. The molecule has 1 aromatic carbocycles. The smallest absolute Gasteiger partial charge is 0.324 e. The second kappa shape index (κ2) is 9.59. The molecular weight excluding hydrogens is 394 g/mol. The van der Waals surface area contributed by atoms with Crippen LogP contribution in [-0.2, 0) is 0 Å². The molecule has 8 heteroatoms. The van der Waals surface area contributed by atoms with Crippen molar-refractivity contribution in [3.8, 4) is 17.1 Å². The standard InChI is InChI=1S/C23H27N5O3/c1-17(9-13-27-14-15-28(23(27)29)20-7-11-24-12-8-20)10-16-30-21-5-3-19(4-6-21)22-25-18(2)31-26-22/h3-8,11-12,17H,9-10,13-16H2,1-2H3/t17-/m1/s1. The molecule has 0 spiro atoms. The third kappa shape index (κ3) is 5.20. The van der Waals surface area contributed by atoms with Crippen molar-refractivity contribution in [2.45, 2.75) is 26.7 Å². The van der Waals surface area contributed by atoms with E-state index in [4.69, 9.17) is 9.26 Å². The predicted molar refractivity (Wildman–Crippen MR) is 117 cm³/mol. The van der Waals surface area contributed by atoms with Gasteiger partial charge in [0, 0.05) is 50.2 Å². The van der Waals surface area contributed by atoms with Crippen molar-refractivity contribution in [3.63, 3.8) is 0 Å². The number of benzene rings is 1. The van der Waals surface area contributed by atoms with Crippen LogP contribution in [0.3, 0.4) is 0 Å². The highest BCUT2D eigenvalue weighted by Crippen LogP contribution is 2.22. The van der Waals surface area contributed by atoms with Crippen LogP contribution in [0.1, 0.15) is 25.7 Å². The van der Waals surface area contributed by atoms with Gasteiger partial charge in [0.1, 0.15) is 5.75 Å². The van der Waals surface area contributed by atoms with Crippen LogP contribution < -0.4 is 9.64 Å². The summed E-state index contributed by atoms with van der Waals surface area (Å²) < 4.78 is 10.9. The number of rotatable bonds is 9. The average Bonchev–Trinajstić information content (AvgIpc) is 3.39. The fourth-order valence-electron chi connectivity index (χ4n) is 3.57.